The minimum atomic E-state index is -0.574. The molecule has 0 bridgehead atoms. The minimum Gasteiger partial charge on any atom is -0.341 e. The van der Waals surface area contributed by atoms with Gasteiger partial charge in [0.05, 0.1) is 0 Å². The third-order valence-electron chi connectivity index (χ3n) is 4.01. The highest BCUT2D eigenvalue weighted by Crippen LogP contribution is 2.17. The van der Waals surface area contributed by atoms with Crippen LogP contribution in [0.15, 0.2) is 24.3 Å². The van der Waals surface area contributed by atoms with E-state index in [2.05, 4.69) is 5.32 Å². The number of carbonyl (C=O) groups excluding carboxylic acids is 2. The lowest BCUT2D eigenvalue weighted by molar-refractivity contribution is -0.136. The molecule has 1 aliphatic heterocycles. The highest BCUT2D eigenvalue weighted by Gasteiger charge is 2.29. The summed E-state index contributed by atoms with van der Waals surface area (Å²) in [5.41, 5.74) is 6.23. The molecule has 1 aromatic carbocycles. The Balaban J connectivity index is 0.00000264. The summed E-state index contributed by atoms with van der Waals surface area (Å²) >= 11 is 5.80. The fourth-order valence-electron chi connectivity index (χ4n) is 2.73. The van der Waals surface area contributed by atoms with Gasteiger partial charge in [-0.3, -0.25) is 9.59 Å². The highest BCUT2D eigenvalue weighted by molar-refractivity contribution is 6.30. The molecule has 7 heteroatoms. The first-order valence-corrected chi connectivity index (χ1v) is 7.97. The molecule has 0 spiro atoms. The summed E-state index contributed by atoms with van der Waals surface area (Å²) in [6.07, 6.45) is 3.01. The number of halogens is 2. The van der Waals surface area contributed by atoms with Crippen LogP contribution >= 0.6 is 24.0 Å². The highest BCUT2D eigenvalue weighted by atomic mass is 35.5. The van der Waals surface area contributed by atoms with Crippen molar-refractivity contribution in [1.29, 1.82) is 0 Å². The summed E-state index contributed by atoms with van der Waals surface area (Å²) in [4.78, 5) is 26.5. The van der Waals surface area contributed by atoms with E-state index in [9.17, 15) is 9.59 Å². The van der Waals surface area contributed by atoms with E-state index in [-0.39, 0.29) is 30.3 Å². The molecule has 1 saturated heterocycles. The smallest absolute Gasteiger partial charge is 0.251 e. The van der Waals surface area contributed by atoms with E-state index in [4.69, 9.17) is 17.3 Å². The van der Waals surface area contributed by atoms with Gasteiger partial charge in [0.1, 0.15) is 6.04 Å². The summed E-state index contributed by atoms with van der Waals surface area (Å²) in [5.74, 6) is -0.351. The Morgan fingerprint density at radius 1 is 1.35 bits per heavy atom. The number of amides is 2. The maximum atomic E-state index is 12.5. The Morgan fingerprint density at radius 3 is 2.61 bits per heavy atom. The standard InChI is InChI=1S/C16H22ClN3O2.ClH/c1-11(16(22)20-9-3-2-4-14(20)10-18)19-15(21)12-5-7-13(17)8-6-12;/h5-8,11,14H,2-4,9-10,18H2,1H3,(H,19,21);1H. The molecule has 0 saturated carbocycles. The number of hydrogen-bond acceptors (Lipinski definition) is 3. The van der Waals surface area contributed by atoms with Gasteiger partial charge in [-0.2, -0.15) is 0 Å². The molecule has 2 amide bonds. The molecular formula is C16H23Cl2N3O2. The van der Waals surface area contributed by atoms with Crippen molar-refractivity contribution < 1.29 is 9.59 Å². The third-order valence-corrected chi connectivity index (χ3v) is 4.26. The topological polar surface area (TPSA) is 75.4 Å². The Bertz CT molecular complexity index is 537. The van der Waals surface area contributed by atoms with Crippen molar-refractivity contribution in [2.75, 3.05) is 13.1 Å². The van der Waals surface area contributed by atoms with E-state index in [0.717, 1.165) is 19.3 Å². The van der Waals surface area contributed by atoms with Crippen molar-refractivity contribution in [2.24, 2.45) is 5.73 Å². The molecule has 2 unspecified atom stereocenters. The zero-order valence-corrected chi connectivity index (χ0v) is 14.7. The predicted molar refractivity (Wildman–Crippen MR) is 94.0 cm³/mol. The van der Waals surface area contributed by atoms with Crippen LogP contribution in [0.3, 0.4) is 0 Å². The van der Waals surface area contributed by atoms with Crippen LogP contribution in [0.1, 0.15) is 36.5 Å². The lowest BCUT2D eigenvalue weighted by Crippen LogP contribution is -2.54. The van der Waals surface area contributed by atoms with Crippen molar-refractivity contribution in [1.82, 2.24) is 10.2 Å². The van der Waals surface area contributed by atoms with Gasteiger partial charge in [-0.15, -0.1) is 12.4 Å². The van der Waals surface area contributed by atoms with Crippen molar-refractivity contribution >= 4 is 35.8 Å². The largest absolute Gasteiger partial charge is 0.341 e. The molecule has 2 rings (SSSR count). The SMILES string of the molecule is CC(NC(=O)c1ccc(Cl)cc1)C(=O)N1CCCCC1CN.Cl. The molecule has 1 aliphatic rings. The van der Waals surface area contributed by atoms with E-state index in [1.54, 1.807) is 36.1 Å². The van der Waals surface area contributed by atoms with Gasteiger partial charge in [-0.1, -0.05) is 11.6 Å². The molecular weight excluding hydrogens is 337 g/mol. The molecule has 0 radical (unpaired) electrons. The number of carbonyl (C=O) groups is 2. The molecule has 1 aromatic rings. The first kappa shape index (κ1) is 19.7. The molecule has 23 heavy (non-hydrogen) atoms. The number of piperidine rings is 1. The molecule has 0 aromatic heterocycles. The molecule has 5 nitrogen and oxygen atoms in total. The van der Waals surface area contributed by atoms with Crippen LogP contribution in [0.25, 0.3) is 0 Å². The first-order valence-electron chi connectivity index (χ1n) is 7.60. The van der Waals surface area contributed by atoms with Gasteiger partial charge in [0, 0.05) is 29.7 Å². The minimum absolute atomic E-state index is 0. The normalized spacial score (nSPS) is 18.7. The predicted octanol–water partition coefficient (Wildman–Crippen LogP) is 2.22. The van der Waals surface area contributed by atoms with Crippen LogP contribution in [0, 0.1) is 0 Å². The molecule has 0 aliphatic carbocycles. The van der Waals surface area contributed by atoms with Crippen LogP contribution in [0.4, 0.5) is 0 Å². The van der Waals surface area contributed by atoms with Crippen LogP contribution in [-0.2, 0) is 4.79 Å². The van der Waals surface area contributed by atoms with E-state index in [1.807, 2.05) is 0 Å². The number of hydrogen-bond donors (Lipinski definition) is 2. The lowest BCUT2D eigenvalue weighted by Gasteiger charge is -2.36. The van der Waals surface area contributed by atoms with Gasteiger partial charge < -0.3 is 16.0 Å². The lowest BCUT2D eigenvalue weighted by atomic mass is 10.0. The molecule has 1 fully saturated rings. The zero-order valence-electron chi connectivity index (χ0n) is 13.1. The maximum Gasteiger partial charge on any atom is 0.251 e. The summed E-state index contributed by atoms with van der Waals surface area (Å²) in [7, 11) is 0. The van der Waals surface area contributed by atoms with Gasteiger partial charge in [-0.25, -0.2) is 0 Å². The molecule has 3 N–H and O–H groups in total. The summed E-state index contributed by atoms with van der Waals surface area (Å²) in [6, 6.07) is 6.08. The summed E-state index contributed by atoms with van der Waals surface area (Å²) in [5, 5.41) is 3.31. The second-order valence-corrected chi connectivity index (χ2v) is 6.06. The fraction of sp³-hybridized carbons (Fsp3) is 0.500. The Hall–Kier alpha value is -1.30. The van der Waals surface area contributed by atoms with Gasteiger partial charge in [0.25, 0.3) is 5.91 Å². The van der Waals surface area contributed by atoms with Crippen molar-refractivity contribution in [3.63, 3.8) is 0 Å². The number of nitrogens with two attached hydrogens (primary N) is 1. The second kappa shape index (κ2) is 9.11. The van der Waals surface area contributed by atoms with E-state index < -0.39 is 6.04 Å². The van der Waals surface area contributed by atoms with Gasteiger partial charge in [0.15, 0.2) is 0 Å². The number of nitrogens with one attached hydrogen (secondary N) is 1. The summed E-state index contributed by atoms with van der Waals surface area (Å²) in [6.45, 7) is 2.88. The van der Waals surface area contributed by atoms with Crippen LogP contribution in [0.5, 0.6) is 0 Å². The van der Waals surface area contributed by atoms with Crippen molar-refractivity contribution in [2.45, 2.75) is 38.3 Å². The first-order chi connectivity index (χ1) is 10.5. The van der Waals surface area contributed by atoms with Gasteiger partial charge in [-0.05, 0) is 50.5 Å². The second-order valence-electron chi connectivity index (χ2n) is 5.62. The maximum absolute atomic E-state index is 12.5. The van der Waals surface area contributed by atoms with Gasteiger partial charge >= 0.3 is 0 Å². The van der Waals surface area contributed by atoms with Gasteiger partial charge in [0.2, 0.25) is 5.91 Å². The van der Waals surface area contributed by atoms with Crippen molar-refractivity contribution in [3.05, 3.63) is 34.9 Å². The molecule has 1 heterocycles. The average Bonchev–Trinajstić information content (AvgIpc) is 2.54. The number of likely N-dealkylation sites (tertiary alicyclic amines) is 1. The Kier molecular flexibility index (Phi) is 7.82. The monoisotopic (exact) mass is 359 g/mol. The average molecular weight is 360 g/mol. The van der Waals surface area contributed by atoms with E-state index in [1.165, 1.54) is 0 Å². The molecule has 2 atom stereocenters. The van der Waals surface area contributed by atoms with Crippen LogP contribution in [-0.4, -0.2) is 41.9 Å². The number of rotatable bonds is 4. The van der Waals surface area contributed by atoms with Crippen molar-refractivity contribution in [3.8, 4) is 0 Å². The zero-order chi connectivity index (χ0) is 16.1. The number of benzene rings is 1. The fourth-order valence-corrected chi connectivity index (χ4v) is 2.85. The van der Waals surface area contributed by atoms with E-state index >= 15 is 0 Å². The summed E-state index contributed by atoms with van der Waals surface area (Å²) < 4.78 is 0. The quantitative estimate of drug-likeness (QED) is 0.865. The number of nitrogens with zero attached hydrogens (tertiary/aromatic N) is 1. The van der Waals surface area contributed by atoms with Crippen LogP contribution in [0.2, 0.25) is 5.02 Å². The third kappa shape index (κ3) is 5.09. The Morgan fingerprint density at radius 2 is 2.00 bits per heavy atom. The Labute approximate surface area is 148 Å². The molecule has 128 valence electrons. The van der Waals surface area contributed by atoms with Crippen LogP contribution < -0.4 is 11.1 Å². The van der Waals surface area contributed by atoms with E-state index in [0.29, 0.717) is 23.7 Å².